The number of para-hydroxylation sites is 1. The molecule has 0 atom stereocenters. The summed E-state index contributed by atoms with van der Waals surface area (Å²) in [5, 5.41) is 3.68. The Morgan fingerprint density at radius 2 is 2.31 bits per heavy atom. The Kier molecular flexibility index (Phi) is 4.85. The smallest absolute Gasteiger partial charge is 0.332 e. The van der Waals surface area contributed by atoms with E-state index >= 15 is 0 Å². The van der Waals surface area contributed by atoms with E-state index in [2.05, 4.69) is 10.5 Å². The number of hydrogen-bond donors (Lipinski definition) is 2. The van der Waals surface area contributed by atoms with Gasteiger partial charge in [0.1, 0.15) is 5.75 Å². The Morgan fingerprint density at radius 3 is 3.00 bits per heavy atom. The van der Waals surface area contributed by atoms with Gasteiger partial charge in [-0.1, -0.05) is 19.1 Å². The second kappa shape index (κ2) is 6.44. The zero-order chi connectivity index (χ0) is 11.8. The first-order chi connectivity index (χ1) is 7.74. The third-order valence-electron chi connectivity index (χ3n) is 1.76. The molecule has 2 amide bonds. The van der Waals surface area contributed by atoms with Crippen molar-refractivity contribution in [2.45, 2.75) is 13.3 Å². The zero-order valence-electron chi connectivity index (χ0n) is 9.14. The van der Waals surface area contributed by atoms with Crippen LogP contribution < -0.4 is 15.9 Å². The highest BCUT2D eigenvalue weighted by Gasteiger charge is 1.99. The Bertz CT molecular complexity index is 377. The Morgan fingerprint density at radius 1 is 1.56 bits per heavy atom. The van der Waals surface area contributed by atoms with Gasteiger partial charge in [-0.3, -0.25) is 0 Å². The molecule has 3 N–H and O–H groups in total. The molecule has 86 valence electrons. The van der Waals surface area contributed by atoms with Crippen molar-refractivity contribution in [3.8, 4) is 5.75 Å². The lowest BCUT2D eigenvalue weighted by molar-refractivity contribution is 0.249. The summed E-state index contributed by atoms with van der Waals surface area (Å²) in [5.41, 5.74) is 7.81. The zero-order valence-corrected chi connectivity index (χ0v) is 9.14. The SMILES string of the molecule is CCCOc1ccccc1/C=N/NC(N)=O. The lowest BCUT2D eigenvalue weighted by Crippen LogP contribution is -2.24. The van der Waals surface area contributed by atoms with Gasteiger partial charge in [0, 0.05) is 5.56 Å². The van der Waals surface area contributed by atoms with E-state index in [9.17, 15) is 4.79 Å². The molecule has 0 fully saturated rings. The van der Waals surface area contributed by atoms with E-state index < -0.39 is 6.03 Å². The summed E-state index contributed by atoms with van der Waals surface area (Å²) < 4.78 is 5.51. The molecule has 16 heavy (non-hydrogen) atoms. The predicted octanol–water partition coefficient (Wildman–Crippen LogP) is 1.48. The number of urea groups is 1. The molecule has 0 saturated carbocycles. The highest BCUT2D eigenvalue weighted by atomic mass is 16.5. The van der Waals surface area contributed by atoms with Crippen LogP contribution in [0.2, 0.25) is 0 Å². The Balaban J connectivity index is 2.70. The van der Waals surface area contributed by atoms with Gasteiger partial charge in [0.2, 0.25) is 0 Å². The Labute approximate surface area is 94.3 Å². The van der Waals surface area contributed by atoms with Gasteiger partial charge in [-0.25, -0.2) is 10.2 Å². The van der Waals surface area contributed by atoms with Gasteiger partial charge in [-0.05, 0) is 18.6 Å². The van der Waals surface area contributed by atoms with Gasteiger partial charge >= 0.3 is 6.03 Å². The molecule has 0 spiro atoms. The first-order valence-electron chi connectivity index (χ1n) is 5.04. The van der Waals surface area contributed by atoms with Crippen LogP contribution in [0.25, 0.3) is 0 Å². The van der Waals surface area contributed by atoms with E-state index in [4.69, 9.17) is 10.5 Å². The topological polar surface area (TPSA) is 76.7 Å². The lowest BCUT2D eigenvalue weighted by Gasteiger charge is -2.06. The predicted molar refractivity (Wildman–Crippen MR) is 62.5 cm³/mol. The molecule has 0 aliphatic heterocycles. The van der Waals surface area contributed by atoms with Crippen molar-refractivity contribution in [2.24, 2.45) is 10.8 Å². The quantitative estimate of drug-likeness (QED) is 0.583. The molecule has 0 radical (unpaired) electrons. The number of hydrogen-bond acceptors (Lipinski definition) is 3. The van der Waals surface area contributed by atoms with Crippen molar-refractivity contribution < 1.29 is 9.53 Å². The van der Waals surface area contributed by atoms with Crippen LogP contribution in [0.4, 0.5) is 4.79 Å². The van der Waals surface area contributed by atoms with Crippen molar-refractivity contribution in [1.29, 1.82) is 0 Å². The van der Waals surface area contributed by atoms with E-state index in [0.29, 0.717) is 6.61 Å². The summed E-state index contributed by atoms with van der Waals surface area (Å²) in [6.07, 6.45) is 2.43. The first kappa shape index (κ1) is 12.0. The van der Waals surface area contributed by atoms with Crippen molar-refractivity contribution in [3.05, 3.63) is 29.8 Å². The minimum absolute atomic E-state index is 0.647. The fourth-order valence-electron chi connectivity index (χ4n) is 1.10. The molecular weight excluding hydrogens is 206 g/mol. The van der Waals surface area contributed by atoms with Crippen molar-refractivity contribution in [3.63, 3.8) is 0 Å². The average Bonchev–Trinajstić information content (AvgIpc) is 2.27. The number of primary amides is 1. The summed E-state index contributed by atoms with van der Waals surface area (Å²) in [7, 11) is 0. The maximum Gasteiger partial charge on any atom is 0.332 e. The number of hydrazone groups is 1. The van der Waals surface area contributed by atoms with Gasteiger partial charge in [0.05, 0.1) is 12.8 Å². The largest absolute Gasteiger partial charge is 0.493 e. The van der Waals surface area contributed by atoms with Crippen LogP contribution in [0.1, 0.15) is 18.9 Å². The second-order valence-corrected chi connectivity index (χ2v) is 3.12. The van der Waals surface area contributed by atoms with Crippen LogP contribution in [0.3, 0.4) is 0 Å². The van der Waals surface area contributed by atoms with E-state index in [1.165, 1.54) is 6.21 Å². The summed E-state index contributed by atoms with van der Waals surface area (Å²) in [5.74, 6) is 0.736. The number of carbonyl (C=O) groups excluding carboxylic acids is 1. The van der Waals surface area contributed by atoms with Gasteiger partial charge in [-0.2, -0.15) is 5.10 Å². The van der Waals surface area contributed by atoms with Crippen LogP contribution in [-0.2, 0) is 0 Å². The molecule has 1 aromatic rings. The monoisotopic (exact) mass is 221 g/mol. The molecule has 1 aromatic carbocycles. The normalized spacial score (nSPS) is 10.3. The number of nitrogens with two attached hydrogens (primary N) is 1. The van der Waals surface area contributed by atoms with Gasteiger partial charge in [-0.15, -0.1) is 0 Å². The van der Waals surface area contributed by atoms with Crippen LogP contribution in [0.5, 0.6) is 5.75 Å². The molecule has 0 heterocycles. The summed E-state index contributed by atoms with van der Waals surface area (Å²) in [6.45, 7) is 2.68. The molecule has 0 aliphatic rings. The molecule has 0 unspecified atom stereocenters. The minimum Gasteiger partial charge on any atom is -0.493 e. The number of benzene rings is 1. The van der Waals surface area contributed by atoms with E-state index in [1.807, 2.05) is 31.2 Å². The van der Waals surface area contributed by atoms with Crippen molar-refractivity contribution >= 4 is 12.2 Å². The number of ether oxygens (including phenoxy) is 1. The number of amides is 2. The lowest BCUT2D eigenvalue weighted by atomic mass is 10.2. The van der Waals surface area contributed by atoms with Crippen molar-refractivity contribution in [2.75, 3.05) is 6.61 Å². The molecule has 0 bridgehead atoms. The minimum atomic E-state index is -0.691. The van der Waals surface area contributed by atoms with E-state index in [0.717, 1.165) is 17.7 Å². The Hall–Kier alpha value is -2.04. The standard InChI is InChI=1S/C11H15N3O2/c1-2-7-16-10-6-4-3-5-9(10)8-13-14-11(12)15/h3-6,8H,2,7H2,1H3,(H3,12,14,15)/b13-8+. The fraction of sp³-hybridized carbons (Fsp3) is 0.273. The molecule has 5 heteroatoms. The average molecular weight is 221 g/mol. The second-order valence-electron chi connectivity index (χ2n) is 3.12. The maximum atomic E-state index is 10.4. The van der Waals surface area contributed by atoms with Crippen LogP contribution in [0, 0.1) is 0 Å². The molecule has 0 saturated heterocycles. The molecule has 0 aromatic heterocycles. The van der Waals surface area contributed by atoms with Gasteiger partial charge in [0.15, 0.2) is 0 Å². The third kappa shape index (κ3) is 4.00. The molecule has 1 rings (SSSR count). The van der Waals surface area contributed by atoms with E-state index in [1.54, 1.807) is 0 Å². The fourth-order valence-corrected chi connectivity index (χ4v) is 1.10. The highest BCUT2D eigenvalue weighted by Crippen LogP contribution is 2.15. The van der Waals surface area contributed by atoms with Crippen LogP contribution >= 0.6 is 0 Å². The number of rotatable bonds is 5. The summed E-state index contributed by atoms with van der Waals surface area (Å²) in [6, 6.07) is 6.75. The highest BCUT2D eigenvalue weighted by molar-refractivity contribution is 5.84. The van der Waals surface area contributed by atoms with Gasteiger partial charge in [0.25, 0.3) is 0 Å². The van der Waals surface area contributed by atoms with Crippen LogP contribution in [-0.4, -0.2) is 18.9 Å². The number of nitrogens with zero attached hydrogens (tertiary/aromatic N) is 1. The third-order valence-corrected chi connectivity index (χ3v) is 1.76. The number of nitrogens with one attached hydrogen (secondary N) is 1. The van der Waals surface area contributed by atoms with Crippen molar-refractivity contribution in [1.82, 2.24) is 5.43 Å². The molecule has 0 aliphatic carbocycles. The van der Waals surface area contributed by atoms with Crippen LogP contribution in [0.15, 0.2) is 29.4 Å². The van der Waals surface area contributed by atoms with Gasteiger partial charge < -0.3 is 10.5 Å². The van der Waals surface area contributed by atoms with E-state index in [-0.39, 0.29) is 0 Å². The first-order valence-corrected chi connectivity index (χ1v) is 5.04. The number of carbonyl (C=O) groups is 1. The molecular formula is C11H15N3O2. The molecule has 5 nitrogen and oxygen atoms in total. The summed E-state index contributed by atoms with van der Waals surface area (Å²) >= 11 is 0. The maximum absolute atomic E-state index is 10.4. The summed E-state index contributed by atoms with van der Waals surface area (Å²) in [4.78, 5) is 10.4.